The first-order valence-corrected chi connectivity index (χ1v) is 5.26. The van der Waals surface area contributed by atoms with Crippen LogP contribution in [0.25, 0.3) is 0 Å². The Bertz CT molecular complexity index is 178. The predicted molar refractivity (Wildman–Crippen MR) is 55.6 cm³/mol. The predicted octanol–water partition coefficient (Wildman–Crippen LogP) is 2.24. The highest BCUT2D eigenvalue weighted by Crippen LogP contribution is 2.27. The van der Waals surface area contributed by atoms with E-state index in [9.17, 15) is 13.2 Å². The van der Waals surface area contributed by atoms with Gasteiger partial charge < -0.3 is 5.73 Å². The number of nitrogens with two attached hydrogens (primary N) is 1. The van der Waals surface area contributed by atoms with Crippen molar-refractivity contribution in [1.82, 2.24) is 4.90 Å². The molecule has 0 aliphatic carbocycles. The van der Waals surface area contributed by atoms with Crippen LogP contribution in [0.4, 0.5) is 13.2 Å². The summed E-state index contributed by atoms with van der Waals surface area (Å²) in [7, 11) is 0. The van der Waals surface area contributed by atoms with Gasteiger partial charge in [0.05, 0.1) is 0 Å². The number of nitrogens with zero attached hydrogens (tertiary/aromatic N) is 1. The van der Waals surface area contributed by atoms with Crippen molar-refractivity contribution >= 4 is 0 Å². The number of alkyl halides is 3. The number of rotatable bonds is 5. The van der Waals surface area contributed by atoms with Crippen LogP contribution < -0.4 is 5.73 Å². The number of hydrogen-bond donors (Lipinski definition) is 1. The molecule has 0 aromatic rings. The first kappa shape index (κ1) is 14.7. The van der Waals surface area contributed by atoms with Crippen LogP contribution in [0, 0.1) is 5.92 Å². The van der Waals surface area contributed by atoms with Crippen molar-refractivity contribution in [2.24, 2.45) is 11.7 Å². The normalized spacial score (nSPS) is 17.2. The molecule has 0 rings (SSSR count). The molecule has 2 nitrogen and oxygen atoms in total. The van der Waals surface area contributed by atoms with Gasteiger partial charge in [-0.1, -0.05) is 20.8 Å². The summed E-state index contributed by atoms with van der Waals surface area (Å²) < 4.78 is 38.2. The van der Waals surface area contributed by atoms with Gasteiger partial charge in [0, 0.05) is 12.6 Å². The zero-order valence-electron chi connectivity index (χ0n) is 9.80. The second-order valence-corrected chi connectivity index (χ2v) is 4.33. The third-order valence-corrected chi connectivity index (χ3v) is 2.23. The minimum Gasteiger partial charge on any atom is -0.326 e. The van der Waals surface area contributed by atoms with Crippen molar-refractivity contribution in [2.45, 2.75) is 46.0 Å². The van der Waals surface area contributed by atoms with E-state index in [2.05, 4.69) is 0 Å². The standard InChI is InChI=1S/C10H21F3N2/c1-5-15(6-7(2)3)9(8(4)14)10(11,12)13/h7-9H,5-6,14H2,1-4H3. The molecule has 0 fully saturated rings. The van der Waals surface area contributed by atoms with Crippen LogP contribution in [0.5, 0.6) is 0 Å². The minimum absolute atomic E-state index is 0.202. The highest BCUT2D eigenvalue weighted by molar-refractivity contribution is 4.85. The van der Waals surface area contributed by atoms with E-state index in [-0.39, 0.29) is 5.92 Å². The molecule has 0 aliphatic rings. The van der Waals surface area contributed by atoms with Crippen molar-refractivity contribution in [1.29, 1.82) is 0 Å². The lowest BCUT2D eigenvalue weighted by atomic mass is 10.1. The monoisotopic (exact) mass is 226 g/mol. The summed E-state index contributed by atoms with van der Waals surface area (Å²) in [5, 5.41) is 0. The minimum atomic E-state index is -4.25. The van der Waals surface area contributed by atoms with Crippen LogP contribution in [-0.2, 0) is 0 Å². The molecule has 5 heteroatoms. The molecule has 0 saturated heterocycles. The Hall–Kier alpha value is -0.290. The Labute approximate surface area is 89.6 Å². The summed E-state index contributed by atoms with van der Waals surface area (Å²) in [6, 6.07) is -2.44. The van der Waals surface area contributed by atoms with E-state index in [1.165, 1.54) is 11.8 Å². The highest BCUT2D eigenvalue weighted by atomic mass is 19.4. The number of halogens is 3. The van der Waals surface area contributed by atoms with E-state index in [0.29, 0.717) is 13.1 Å². The van der Waals surface area contributed by atoms with Crippen LogP contribution in [0.3, 0.4) is 0 Å². The molecule has 0 heterocycles. The Morgan fingerprint density at radius 3 is 1.87 bits per heavy atom. The lowest BCUT2D eigenvalue weighted by molar-refractivity contribution is -0.188. The molecule has 0 amide bonds. The number of hydrogen-bond acceptors (Lipinski definition) is 2. The summed E-state index contributed by atoms with van der Waals surface area (Å²) in [5.74, 6) is 0.202. The molecule has 0 bridgehead atoms. The van der Waals surface area contributed by atoms with Crippen LogP contribution in [-0.4, -0.2) is 36.2 Å². The summed E-state index contributed by atoms with van der Waals surface area (Å²) >= 11 is 0. The molecule has 0 radical (unpaired) electrons. The van der Waals surface area contributed by atoms with E-state index in [1.807, 2.05) is 13.8 Å². The van der Waals surface area contributed by atoms with Crippen molar-refractivity contribution < 1.29 is 13.2 Å². The zero-order valence-corrected chi connectivity index (χ0v) is 9.80. The average Bonchev–Trinajstić information content (AvgIpc) is 1.98. The third-order valence-electron chi connectivity index (χ3n) is 2.23. The van der Waals surface area contributed by atoms with Gasteiger partial charge in [-0.05, 0) is 19.4 Å². The van der Waals surface area contributed by atoms with E-state index in [4.69, 9.17) is 5.73 Å². The van der Waals surface area contributed by atoms with E-state index < -0.39 is 18.3 Å². The van der Waals surface area contributed by atoms with E-state index in [1.54, 1.807) is 6.92 Å². The molecular weight excluding hydrogens is 205 g/mol. The largest absolute Gasteiger partial charge is 0.405 e. The summed E-state index contributed by atoms with van der Waals surface area (Å²) in [4.78, 5) is 1.40. The van der Waals surface area contributed by atoms with Crippen molar-refractivity contribution in [3.8, 4) is 0 Å². The highest BCUT2D eigenvalue weighted by Gasteiger charge is 2.45. The van der Waals surface area contributed by atoms with Crippen LogP contribution in [0.15, 0.2) is 0 Å². The van der Waals surface area contributed by atoms with Gasteiger partial charge in [-0.15, -0.1) is 0 Å². The zero-order chi connectivity index (χ0) is 12.2. The van der Waals surface area contributed by atoms with Crippen molar-refractivity contribution in [2.75, 3.05) is 13.1 Å². The first-order chi connectivity index (χ1) is 6.70. The van der Waals surface area contributed by atoms with Gasteiger partial charge in [0.1, 0.15) is 6.04 Å². The maximum atomic E-state index is 12.7. The molecule has 15 heavy (non-hydrogen) atoms. The maximum absolute atomic E-state index is 12.7. The second kappa shape index (κ2) is 5.70. The molecule has 2 N–H and O–H groups in total. The van der Waals surface area contributed by atoms with Gasteiger partial charge in [0.2, 0.25) is 0 Å². The van der Waals surface area contributed by atoms with E-state index in [0.717, 1.165) is 0 Å². The van der Waals surface area contributed by atoms with Crippen molar-refractivity contribution in [3.63, 3.8) is 0 Å². The Morgan fingerprint density at radius 1 is 1.20 bits per heavy atom. The van der Waals surface area contributed by atoms with Gasteiger partial charge in [-0.25, -0.2) is 0 Å². The Morgan fingerprint density at radius 2 is 1.67 bits per heavy atom. The fourth-order valence-electron chi connectivity index (χ4n) is 1.75. The molecule has 0 spiro atoms. The fourth-order valence-corrected chi connectivity index (χ4v) is 1.75. The van der Waals surface area contributed by atoms with Crippen LogP contribution >= 0.6 is 0 Å². The summed E-state index contributed by atoms with van der Waals surface area (Å²) in [6.07, 6.45) is -4.25. The molecule has 0 aromatic carbocycles. The molecular formula is C10H21F3N2. The van der Waals surface area contributed by atoms with Crippen LogP contribution in [0.1, 0.15) is 27.7 Å². The molecule has 0 aromatic heterocycles. The van der Waals surface area contributed by atoms with Gasteiger partial charge in [0.15, 0.2) is 0 Å². The molecule has 2 atom stereocenters. The maximum Gasteiger partial charge on any atom is 0.405 e. The van der Waals surface area contributed by atoms with Gasteiger partial charge in [-0.2, -0.15) is 13.2 Å². The fraction of sp³-hybridized carbons (Fsp3) is 1.00. The van der Waals surface area contributed by atoms with Gasteiger partial charge >= 0.3 is 6.18 Å². The Kier molecular flexibility index (Phi) is 5.59. The molecule has 2 unspecified atom stereocenters. The lowest BCUT2D eigenvalue weighted by Gasteiger charge is -2.35. The molecule has 0 aliphatic heterocycles. The quantitative estimate of drug-likeness (QED) is 0.779. The van der Waals surface area contributed by atoms with Crippen LogP contribution in [0.2, 0.25) is 0 Å². The SMILES string of the molecule is CCN(CC(C)C)C(C(C)N)C(F)(F)F. The molecule has 0 saturated carbocycles. The number of likely N-dealkylation sites (N-methyl/N-ethyl adjacent to an activating group) is 1. The first-order valence-electron chi connectivity index (χ1n) is 5.26. The lowest BCUT2D eigenvalue weighted by Crippen LogP contribution is -2.55. The second-order valence-electron chi connectivity index (χ2n) is 4.33. The smallest absolute Gasteiger partial charge is 0.326 e. The van der Waals surface area contributed by atoms with Crippen molar-refractivity contribution in [3.05, 3.63) is 0 Å². The van der Waals surface area contributed by atoms with E-state index >= 15 is 0 Å². The Balaban J connectivity index is 4.71. The molecule has 92 valence electrons. The topological polar surface area (TPSA) is 29.3 Å². The summed E-state index contributed by atoms with van der Waals surface area (Å²) in [5.41, 5.74) is 5.41. The average molecular weight is 226 g/mol. The third kappa shape index (κ3) is 4.84. The summed E-state index contributed by atoms with van der Waals surface area (Å²) in [6.45, 7) is 7.71. The van der Waals surface area contributed by atoms with Gasteiger partial charge in [-0.3, -0.25) is 4.90 Å². The van der Waals surface area contributed by atoms with Gasteiger partial charge in [0.25, 0.3) is 0 Å².